The van der Waals surface area contributed by atoms with Gasteiger partial charge in [-0.1, -0.05) is 6.08 Å². The second-order valence-electron chi connectivity index (χ2n) is 4.05. The Hall–Kier alpha value is -0.850. The fourth-order valence-electron chi connectivity index (χ4n) is 1.57. The van der Waals surface area contributed by atoms with Crippen molar-refractivity contribution in [2.24, 2.45) is 0 Å². The van der Waals surface area contributed by atoms with Crippen molar-refractivity contribution >= 4 is 26.0 Å². The minimum absolute atomic E-state index is 0.251. The Kier molecular flexibility index (Phi) is 6.03. The van der Waals surface area contributed by atoms with E-state index < -0.39 is 10.0 Å². The van der Waals surface area contributed by atoms with Crippen LogP contribution in [0.4, 0.5) is 0 Å². The molecule has 1 rings (SSSR count). The van der Waals surface area contributed by atoms with E-state index in [0.29, 0.717) is 16.8 Å². The number of allylic oxidation sites excluding steroid dienone is 1. The van der Waals surface area contributed by atoms with Crippen molar-refractivity contribution in [3.8, 4) is 5.75 Å². The van der Waals surface area contributed by atoms with Gasteiger partial charge in [-0.3, -0.25) is 0 Å². The van der Waals surface area contributed by atoms with Crippen molar-refractivity contribution in [2.75, 3.05) is 20.7 Å². The first-order chi connectivity index (χ1) is 8.93. The number of sulfonamides is 1. The van der Waals surface area contributed by atoms with E-state index in [1.807, 2.05) is 0 Å². The SMILES string of the molecule is C=CCCCN(C)S(=O)(=O)c1ccc(OC)c(Br)c1. The van der Waals surface area contributed by atoms with E-state index in [2.05, 4.69) is 22.5 Å². The number of hydrogen-bond donors (Lipinski definition) is 0. The lowest BCUT2D eigenvalue weighted by Gasteiger charge is -2.17. The molecule has 6 heteroatoms. The number of rotatable bonds is 7. The average Bonchev–Trinajstić information content (AvgIpc) is 2.38. The van der Waals surface area contributed by atoms with Gasteiger partial charge < -0.3 is 4.74 Å². The lowest BCUT2D eigenvalue weighted by Crippen LogP contribution is -2.27. The smallest absolute Gasteiger partial charge is 0.242 e. The first-order valence-electron chi connectivity index (χ1n) is 5.84. The minimum atomic E-state index is -3.45. The van der Waals surface area contributed by atoms with Crippen molar-refractivity contribution in [1.29, 1.82) is 0 Å². The predicted octanol–water partition coefficient (Wildman–Crippen LogP) is 3.04. The molecule has 1 aromatic carbocycles. The van der Waals surface area contributed by atoms with Crippen molar-refractivity contribution in [3.63, 3.8) is 0 Å². The third-order valence-electron chi connectivity index (χ3n) is 2.71. The van der Waals surface area contributed by atoms with E-state index in [-0.39, 0.29) is 4.90 Å². The normalized spacial score (nSPS) is 11.6. The standard InChI is InChI=1S/C13H18BrNO3S/c1-4-5-6-9-15(2)19(16,17)11-7-8-13(18-3)12(14)10-11/h4,7-8,10H,1,5-6,9H2,2-3H3. The molecule has 0 bridgehead atoms. The zero-order valence-electron chi connectivity index (χ0n) is 11.1. The maximum Gasteiger partial charge on any atom is 0.242 e. The summed E-state index contributed by atoms with van der Waals surface area (Å²) in [5.41, 5.74) is 0. The van der Waals surface area contributed by atoms with E-state index >= 15 is 0 Å². The van der Waals surface area contributed by atoms with Crippen LogP contribution >= 0.6 is 15.9 Å². The number of nitrogens with zero attached hydrogens (tertiary/aromatic N) is 1. The monoisotopic (exact) mass is 347 g/mol. The third kappa shape index (κ3) is 4.06. The summed E-state index contributed by atoms with van der Waals surface area (Å²) in [5.74, 6) is 0.605. The molecule has 0 N–H and O–H groups in total. The molecule has 0 radical (unpaired) electrons. The summed E-state index contributed by atoms with van der Waals surface area (Å²) < 4.78 is 31.7. The molecule has 0 heterocycles. The Morgan fingerprint density at radius 2 is 2.16 bits per heavy atom. The Bertz CT molecular complexity index is 543. The quantitative estimate of drug-likeness (QED) is 0.562. The number of hydrogen-bond acceptors (Lipinski definition) is 3. The van der Waals surface area contributed by atoms with Gasteiger partial charge >= 0.3 is 0 Å². The molecule has 0 amide bonds. The molecule has 19 heavy (non-hydrogen) atoms. The maximum absolute atomic E-state index is 12.3. The number of halogens is 1. The summed E-state index contributed by atoms with van der Waals surface area (Å²) in [6, 6.07) is 4.73. The van der Waals surface area contributed by atoms with Crippen molar-refractivity contribution in [1.82, 2.24) is 4.31 Å². The third-order valence-corrected chi connectivity index (χ3v) is 5.19. The van der Waals surface area contributed by atoms with Gasteiger partial charge in [0.25, 0.3) is 0 Å². The highest BCUT2D eigenvalue weighted by atomic mass is 79.9. The van der Waals surface area contributed by atoms with Crippen LogP contribution in [0.15, 0.2) is 40.2 Å². The van der Waals surface area contributed by atoms with Crippen LogP contribution in [0.2, 0.25) is 0 Å². The molecule has 0 atom stereocenters. The Morgan fingerprint density at radius 3 is 2.68 bits per heavy atom. The summed E-state index contributed by atoms with van der Waals surface area (Å²) in [6.45, 7) is 4.09. The summed E-state index contributed by atoms with van der Waals surface area (Å²) in [5, 5.41) is 0. The molecule has 0 aliphatic heterocycles. The van der Waals surface area contributed by atoms with Gasteiger partial charge in [-0.15, -0.1) is 6.58 Å². The van der Waals surface area contributed by atoms with E-state index in [1.165, 1.54) is 11.4 Å². The van der Waals surface area contributed by atoms with Gasteiger partial charge in [0.1, 0.15) is 5.75 Å². The number of unbranched alkanes of at least 4 members (excludes halogenated alkanes) is 1. The second-order valence-corrected chi connectivity index (χ2v) is 6.95. The van der Waals surface area contributed by atoms with Crippen LogP contribution in [0.25, 0.3) is 0 Å². The van der Waals surface area contributed by atoms with Crippen molar-refractivity contribution in [2.45, 2.75) is 17.7 Å². The van der Waals surface area contributed by atoms with Crippen LogP contribution < -0.4 is 4.74 Å². The Labute approximate surface area is 123 Å². The molecule has 0 unspecified atom stereocenters. The summed E-state index contributed by atoms with van der Waals surface area (Å²) in [7, 11) is -0.336. The van der Waals surface area contributed by atoms with Crippen LogP contribution in [0.3, 0.4) is 0 Å². The van der Waals surface area contributed by atoms with Crippen LogP contribution in [-0.2, 0) is 10.0 Å². The number of ether oxygens (including phenoxy) is 1. The lowest BCUT2D eigenvalue weighted by atomic mass is 10.3. The molecular formula is C13H18BrNO3S. The Morgan fingerprint density at radius 1 is 1.47 bits per heavy atom. The molecule has 0 aliphatic carbocycles. The van der Waals surface area contributed by atoms with Gasteiger partial charge in [-0.2, -0.15) is 0 Å². The fraction of sp³-hybridized carbons (Fsp3) is 0.385. The number of methoxy groups -OCH3 is 1. The average molecular weight is 348 g/mol. The topological polar surface area (TPSA) is 46.6 Å². The van der Waals surface area contributed by atoms with Crippen LogP contribution in [-0.4, -0.2) is 33.4 Å². The number of benzene rings is 1. The van der Waals surface area contributed by atoms with Crippen LogP contribution in [0, 0.1) is 0 Å². The van der Waals surface area contributed by atoms with Gasteiger partial charge in [0.15, 0.2) is 0 Å². The predicted molar refractivity (Wildman–Crippen MR) is 79.9 cm³/mol. The summed E-state index contributed by atoms with van der Waals surface area (Å²) >= 11 is 3.29. The van der Waals surface area contributed by atoms with E-state index in [4.69, 9.17) is 4.74 Å². The molecule has 106 valence electrons. The van der Waals surface area contributed by atoms with Gasteiger partial charge in [0.05, 0.1) is 16.5 Å². The largest absolute Gasteiger partial charge is 0.496 e. The first-order valence-corrected chi connectivity index (χ1v) is 8.07. The molecule has 0 aromatic heterocycles. The lowest BCUT2D eigenvalue weighted by molar-refractivity contribution is 0.411. The summed E-state index contributed by atoms with van der Waals surface area (Å²) in [6.07, 6.45) is 3.34. The van der Waals surface area contributed by atoms with Gasteiger partial charge in [-0.05, 0) is 47.0 Å². The summed E-state index contributed by atoms with van der Waals surface area (Å²) in [4.78, 5) is 0.251. The second kappa shape index (κ2) is 7.07. The highest BCUT2D eigenvalue weighted by molar-refractivity contribution is 9.10. The highest BCUT2D eigenvalue weighted by Gasteiger charge is 2.21. The molecule has 1 aromatic rings. The molecule has 0 saturated carbocycles. The minimum Gasteiger partial charge on any atom is -0.496 e. The van der Waals surface area contributed by atoms with Crippen molar-refractivity contribution < 1.29 is 13.2 Å². The molecule has 0 aliphatic rings. The molecule has 0 spiro atoms. The van der Waals surface area contributed by atoms with E-state index in [0.717, 1.165) is 12.8 Å². The fourth-order valence-corrected chi connectivity index (χ4v) is 3.49. The van der Waals surface area contributed by atoms with Gasteiger partial charge in [0.2, 0.25) is 10.0 Å². The van der Waals surface area contributed by atoms with E-state index in [9.17, 15) is 8.42 Å². The van der Waals surface area contributed by atoms with E-state index in [1.54, 1.807) is 31.3 Å². The first kappa shape index (κ1) is 16.2. The van der Waals surface area contributed by atoms with Crippen molar-refractivity contribution in [3.05, 3.63) is 35.3 Å². The zero-order valence-corrected chi connectivity index (χ0v) is 13.5. The molecule has 0 saturated heterocycles. The highest BCUT2D eigenvalue weighted by Crippen LogP contribution is 2.28. The van der Waals surface area contributed by atoms with Crippen LogP contribution in [0.1, 0.15) is 12.8 Å². The Balaban J connectivity index is 2.93. The molecule has 4 nitrogen and oxygen atoms in total. The zero-order chi connectivity index (χ0) is 14.5. The van der Waals surface area contributed by atoms with Crippen LogP contribution in [0.5, 0.6) is 5.75 Å². The molecule has 0 fully saturated rings. The van der Waals surface area contributed by atoms with Gasteiger partial charge in [-0.25, -0.2) is 12.7 Å². The van der Waals surface area contributed by atoms with Gasteiger partial charge in [0, 0.05) is 13.6 Å². The maximum atomic E-state index is 12.3. The molecular weight excluding hydrogens is 330 g/mol.